The van der Waals surface area contributed by atoms with Crippen LogP contribution in [0.2, 0.25) is 0 Å². The number of H-pyrrole nitrogens is 1. The molecule has 0 spiro atoms. The van der Waals surface area contributed by atoms with Crippen LogP contribution >= 0.6 is 0 Å². The molecule has 8 heteroatoms. The first kappa shape index (κ1) is 17.3. The van der Waals surface area contributed by atoms with Crippen LogP contribution in [-0.4, -0.2) is 35.0 Å². The van der Waals surface area contributed by atoms with Crippen molar-refractivity contribution in [2.75, 3.05) is 0 Å². The van der Waals surface area contributed by atoms with Gasteiger partial charge in [0.2, 0.25) is 5.82 Å². The molecule has 5 rings (SSSR count). The van der Waals surface area contributed by atoms with Crippen LogP contribution in [-0.2, 0) is 12.6 Å². The molecular formula is C21H18N6O2. The van der Waals surface area contributed by atoms with Gasteiger partial charge in [0.05, 0.1) is 11.8 Å². The number of aromatic amines is 1. The third-order valence-electron chi connectivity index (χ3n) is 5.00. The lowest BCUT2D eigenvalue weighted by atomic mass is 9.95. The molecule has 0 saturated heterocycles. The number of benzene rings is 1. The number of aromatic nitrogens is 6. The molecule has 0 amide bonds. The maximum Gasteiger partial charge on any atom is 0.260 e. The second-order valence-corrected chi connectivity index (χ2v) is 7.09. The first-order chi connectivity index (χ1) is 14.0. The van der Waals surface area contributed by atoms with Crippen LogP contribution in [0, 0.1) is 0 Å². The lowest BCUT2D eigenvalue weighted by Crippen LogP contribution is -2.24. The van der Waals surface area contributed by atoms with Crippen molar-refractivity contribution in [2.24, 2.45) is 7.05 Å². The molecule has 1 atom stereocenters. The molecule has 144 valence electrons. The number of nitrogens with one attached hydrogen (secondary N) is 1. The van der Waals surface area contributed by atoms with E-state index in [1.165, 1.54) is 0 Å². The molecule has 0 bridgehead atoms. The quantitative estimate of drug-likeness (QED) is 0.491. The minimum absolute atomic E-state index is 0.199. The monoisotopic (exact) mass is 386 g/mol. The summed E-state index contributed by atoms with van der Waals surface area (Å²) in [6, 6.07) is 11.3. The Labute approximate surface area is 165 Å². The molecule has 1 aromatic carbocycles. The van der Waals surface area contributed by atoms with Crippen molar-refractivity contribution in [1.82, 2.24) is 29.9 Å². The third kappa shape index (κ3) is 2.90. The normalized spacial score (nSPS) is 13.6. The van der Waals surface area contributed by atoms with Crippen molar-refractivity contribution in [1.29, 1.82) is 0 Å². The summed E-state index contributed by atoms with van der Waals surface area (Å²) in [5.74, 6) is 0.511. The minimum atomic E-state index is -1.37. The van der Waals surface area contributed by atoms with Crippen LogP contribution in [0.3, 0.4) is 0 Å². The molecule has 0 radical (unpaired) electrons. The smallest absolute Gasteiger partial charge is 0.260 e. The molecule has 4 aromatic heterocycles. The molecular weight excluding hydrogens is 368 g/mol. The van der Waals surface area contributed by atoms with E-state index in [0.717, 1.165) is 22.1 Å². The molecule has 0 saturated carbocycles. The summed E-state index contributed by atoms with van der Waals surface area (Å²) < 4.78 is 7.23. The first-order valence-electron chi connectivity index (χ1n) is 9.11. The molecule has 0 aliphatic rings. The van der Waals surface area contributed by atoms with Gasteiger partial charge < -0.3 is 14.6 Å². The second kappa shape index (κ2) is 6.39. The van der Waals surface area contributed by atoms with Crippen molar-refractivity contribution in [3.63, 3.8) is 0 Å². The van der Waals surface area contributed by atoms with E-state index in [0.29, 0.717) is 17.1 Å². The minimum Gasteiger partial charge on any atom is -0.377 e. The Kier molecular flexibility index (Phi) is 3.82. The van der Waals surface area contributed by atoms with E-state index in [9.17, 15) is 5.11 Å². The van der Waals surface area contributed by atoms with Gasteiger partial charge in [-0.15, -0.1) is 0 Å². The number of rotatable bonds is 4. The van der Waals surface area contributed by atoms with Crippen molar-refractivity contribution in [3.8, 4) is 22.6 Å². The number of hydrogen-bond acceptors (Lipinski definition) is 6. The van der Waals surface area contributed by atoms with Crippen molar-refractivity contribution in [2.45, 2.75) is 12.5 Å². The fourth-order valence-corrected chi connectivity index (χ4v) is 3.33. The Morgan fingerprint density at radius 1 is 1.14 bits per heavy atom. The highest BCUT2D eigenvalue weighted by Gasteiger charge is 2.32. The summed E-state index contributed by atoms with van der Waals surface area (Å²) in [5.41, 5.74) is 2.65. The van der Waals surface area contributed by atoms with Gasteiger partial charge in [0.15, 0.2) is 0 Å². The molecule has 2 N–H and O–H groups in total. The Balaban J connectivity index is 1.57. The van der Waals surface area contributed by atoms with Crippen LogP contribution in [0.4, 0.5) is 0 Å². The standard InChI is InChI=1S/C21H18N6O2/c1-21(28,15-6-4-3-5-7-15)20-25-19(29-26-20)17-11-23-18-16(17)8-13(9-22-18)14-10-24-27(2)12-14/h3-12,28H,1-2H3,(H,22,23). The summed E-state index contributed by atoms with van der Waals surface area (Å²) in [5, 5.41) is 20.1. The van der Waals surface area contributed by atoms with E-state index in [1.807, 2.05) is 49.6 Å². The van der Waals surface area contributed by atoms with Crippen LogP contribution in [0.25, 0.3) is 33.6 Å². The maximum atomic E-state index is 11.0. The third-order valence-corrected chi connectivity index (χ3v) is 5.00. The average Bonchev–Trinajstić information content (AvgIpc) is 3.47. The number of fused-ring (bicyclic) bond motifs is 1. The van der Waals surface area contributed by atoms with Crippen molar-refractivity contribution in [3.05, 3.63) is 72.6 Å². The molecule has 0 aliphatic heterocycles. The largest absolute Gasteiger partial charge is 0.377 e. The zero-order chi connectivity index (χ0) is 20.0. The van der Waals surface area contributed by atoms with Gasteiger partial charge in [-0.25, -0.2) is 4.98 Å². The summed E-state index contributed by atoms with van der Waals surface area (Å²) in [7, 11) is 1.87. The van der Waals surface area contributed by atoms with Crippen LogP contribution in [0.5, 0.6) is 0 Å². The van der Waals surface area contributed by atoms with Gasteiger partial charge in [-0.2, -0.15) is 10.1 Å². The van der Waals surface area contributed by atoms with E-state index >= 15 is 0 Å². The fourth-order valence-electron chi connectivity index (χ4n) is 3.33. The highest BCUT2D eigenvalue weighted by atomic mass is 16.5. The molecule has 8 nitrogen and oxygen atoms in total. The lowest BCUT2D eigenvalue weighted by Gasteiger charge is -2.19. The fraction of sp³-hybridized carbons (Fsp3) is 0.143. The lowest BCUT2D eigenvalue weighted by molar-refractivity contribution is 0.0892. The van der Waals surface area contributed by atoms with Gasteiger partial charge in [-0.1, -0.05) is 35.5 Å². The van der Waals surface area contributed by atoms with E-state index in [2.05, 4.69) is 25.2 Å². The summed E-state index contributed by atoms with van der Waals surface area (Å²) in [6.45, 7) is 1.65. The van der Waals surface area contributed by atoms with E-state index in [1.54, 1.807) is 30.2 Å². The number of hydrogen-bond donors (Lipinski definition) is 2. The number of aliphatic hydroxyl groups is 1. The molecule has 29 heavy (non-hydrogen) atoms. The molecule has 0 aliphatic carbocycles. The zero-order valence-corrected chi connectivity index (χ0v) is 15.9. The van der Waals surface area contributed by atoms with Gasteiger partial charge in [0, 0.05) is 42.2 Å². The Morgan fingerprint density at radius 2 is 1.97 bits per heavy atom. The summed E-state index contributed by atoms with van der Waals surface area (Å²) >= 11 is 0. The Hall–Kier alpha value is -3.78. The molecule has 5 aromatic rings. The maximum absolute atomic E-state index is 11.0. The Bertz CT molecular complexity index is 1300. The highest BCUT2D eigenvalue weighted by molar-refractivity contribution is 5.93. The van der Waals surface area contributed by atoms with Crippen molar-refractivity contribution < 1.29 is 9.63 Å². The van der Waals surface area contributed by atoms with E-state index in [-0.39, 0.29) is 5.82 Å². The summed E-state index contributed by atoms with van der Waals surface area (Å²) in [4.78, 5) is 12.1. The molecule has 1 unspecified atom stereocenters. The van der Waals surface area contributed by atoms with Gasteiger partial charge in [0.1, 0.15) is 11.2 Å². The SMILES string of the molecule is Cn1cc(-c2cnc3[nH]cc(-c4nc(C(C)(O)c5ccccc5)no4)c3c2)cn1. The van der Waals surface area contributed by atoms with Gasteiger partial charge in [0.25, 0.3) is 5.89 Å². The van der Waals surface area contributed by atoms with Gasteiger partial charge >= 0.3 is 0 Å². The predicted octanol–water partition coefficient (Wildman–Crippen LogP) is 3.27. The predicted molar refractivity (Wildman–Crippen MR) is 107 cm³/mol. The Morgan fingerprint density at radius 3 is 2.72 bits per heavy atom. The molecule has 0 fully saturated rings. The van der Waals surface area contributed by atoms with Crippen LogP contribution in [0.1, 0.15) is 18.3 Å². The topological polar surface area (TPSA) is 106 Å². The van der Waals surface area contributed by atoms with E-state index in [4.69, 9.17) is 4.52 Å². The van der Waals surface area contributed by atoms with Crippen LogP contribution < -0.4 is 0 Å². The highest BCUT2D eigenvalue weighted by Crippen LogP contribution is 2.32. The average molecular weight is 386 g/mol. The number of aryl methyl sites for hydroxylation is 1. The number of nitrogens with zero attached hydrogens (tertiary/aromatic N) is 5. The zero-order valence-electron chi connectivity index (χ0n) is 15.9. The molecule has 4 heterocycles. The van der Waals surface area contributed by atoms with E-state index < -0.39 is 5.60 Å². The summed E-state index contributed by atoms with van der Waals surface area (Å²) in [6.07, 6.45) is 7.28. The second-order valence-electron chi connectivity index (χ2n) is 7.09. The van der Waals surface area contributed by atoms with Crippen molar-refractivity contribution >= 4 is 11.0 Å². The van der Waals surface area contributed by atoms with Gasteiger partial charge in [-0.05, 0) is 18.6 Å². The first-order valence-corrected chi connectivity index (χ1v) is 9.11. The van der Waals surface area contributed by atoms with Crippen LogP contribution in [0.15, 0.2) is 65.7 Å². The number of pyridine rings is 1. The van der Waals surface area contributed by atoms with Gasteiger partial charge in [-0.3, -0.25) is 4.68 Å².